The van der Waals surface area contributed by atoms with Crippen LogP contribution in [0.5, 0.6) is 0 Å². The quantitative estimate of drug-likeness (QED) is 0.704. The van der Waals surface area contributed by atoms with Gasteiger partial charge in [0, 0.05) is 5.75 Å². The van der Waals surface area contributed by atoms with E-state index in [9.17, 15) is 9.90 Å². The predicted octanol–water partition coefficient (Wildman–Crippen LogP) is 1.11. The lowest BCUT2D eigenvalue weighted by Gasteiger charge is -2.47. The maximum atomic E-state index is 11.1. The van der Waals surface area contributed by atoms with Gasteiger partial charge in [-0.2, -0.15) is 11.8 Å². The third-order valence-corrected chi connectivity index (χ3v) is 4.68. The molecule has 1 aliphatic carbocycles. The van der Waals surface area contributed by atoms with Crippen molar-refractivity contribution in [3.63, 3.8) is 0 Å². The minimum Gasteiger partial charge on any atom is -0.481 e. The zero-order chi connectivity index (χ0) is 9.53. The van der Waals surface area contributed by atoms with Gasteiger partial charge in [-0.25, -0.2) is 0 Å². The minimum absolute atomic E-state index is 0.597. The van der Waals surface area contributed by atoms with Crippen molar-refractivity contribution in [3.05, 3.63) is 0 Å². The number of carbonyl (C=O) groups is 1. The van der Waals surface area contributed by atoms with Gasteiger partial charge in [0.1, 0.15) is 0 Å². The molecule has 1 unspecified atom stereocenters. The molecule has 2 N–H and O–H groups in total. The van der Waals surface area contributed by atoms with Crippen molar-refractivity contribution in [2.45, 2.75) is 31.3 Å². The van der Waals surface area contributed by atoms with E-state index in [0.29, 0.717) is 25.0 Å². The Labute approximate surface area is 81.5 Å². The van der Waals surface area contributed by atoms with Crippen LogP contribution in [0.15, 0.2) is 0 Å². The van der Waals surface area contributed by atoms with E-state index in [1.54, 1.807) is 11.8 Å². The van der Waals surface area contributed by atoms with Crippen LogP contribution in [0.25, 0.3) is 0 Å². The molecule has 2 aliphatic rings. The highest BCUT2D eigenvalue weighted by Crippen LogP contribution is 2.54. The molecule has 0 aromatic carbocycles. The van der Waals surface area contributed by atoms with Gasteiger partial charge in [0.25, 0.3) is 0 Å². The standard InChI is InChI=1S/C9H14O3S/c10-7(11)8(2-1-3-8)9(12)4-5-13-6-9/h12H,1-6H2,(H,10,11). The van der Waals surface area contributed by atoms with E-state index >= 15 is 0 Å². The summed E-state index contributed by atoms with van der Waals surface area (Å²) in [7, 11) is 0. The number of aliphatic hydroxyl groups is 1. The molecule has 2 fully saturated rings. The Bertz CT molecular complexity index is 229. The SMILES string of the molecule is O=C(O)C1(C2(O)CCSC2)CCC1. The fourth-order valence-corrected chi connectivity index (χ4v) is 3.72. The summed E-state index contributed by atoms with van der Waals surface area (Å²) in [4.78, 5) is 11.1. The first-order valence-corrected chi connectivity index (χ1v) is 5.80. The fourth-order valence-electron chi connectivity index (χ4n) is 2.34. The summed E-state index contributed by atoms with van der Waals surface area (Å²) in [5.41, 5.74) is -1.74. The van der Waals surface area contributed by atoms with E-state index in [1.807, 2.05) is 0 Å². The number of carboxylic acids is 1. The molecule has 1 heterocycles. The van der Waals surface area contributed by atoms with Crippen molar-refractivity contribution in [1.29, 1.82) is 0 Å². The van der Waals surface area contributed by atoms with Crippen molar-refractivity contribution < 1.29 is 15.0 Å². The molecule has 1 aliphatic heterocycles. The van der Waals surface area contributed by atoms with E-state index in [-0.39, 0.29) is 0 Å². The van der Waals surface area contributed by atoms with Crippen LogP contribution in [-0.4, -0.2) is 33.3 Å². The van der Waals surface area contributed by atoms with Gasteiger partial charge in [0.2, 0.25) is 0 Å². The Hall–Kier alpha value is -0.220. The molecule has 0 aromatic rings. The molecule has 0 amide bonds. The molecule has 1 saturated carbocycles. The first-order chi connectivity index (χ1) is 6.11. The Morgan fingerprint density at radius 3 is 2.31 bits per heavy atom. The van der Waals surface area contributed by atoms with Crippen LogP contribution >= 0.6 is 11.8 Å². The third kappa shape index (κ3) is 1.12. The fraction of sp³-hybridized carbons (Fsp3) is 0.889. The molecule has 4 heteroatoms. The molecule has 13 heavy (non-hydrogen) atoms. The highest BCUT2D eigenvalue weighted by Gasteiger charge is 2.60. The number of rotatable bonds is 2. The van der Waals surface area contributed by atoms with Crippen LogP contribution in [0.1, 0.15) is 25.7 Å². The second kappa shape index (κ2) is 2.89. The van der Waals surface area contributed by atoms with E-state index in [1.165, 1.54) is 0 Å². The predicted molar refractivity (Wildman–Crippen MR) is 50.8 cm³/mol. The Morgan fingerprint density at radius 2 is 2.00 bits per heavy atom. The van der Waals surface area contributed by atoms with Crippen LogP contribution in [0.2, 0.25) is 0 Å². The van der Waals surface area contributed by atoms with E-state index in [4.69, 9.17) is 5.11 Å². The molecule has 74 valence electrons. The van der Waals surface area contributed by atoms with Crippen LogP contribution in [-0.2, 0) is 4.79 Å². The number of carboxylic acid groups (broad SMARTS) is 1. The lowest BCUT2D eigenvalue weighted by molar-refractivity contribution is -0.179. The molecule has 3 nitrogen and oxygen atoms in total. The zero-order valence-corrected chi connectivity index (χ0v) is 8.27. The second-order valence-corrected chi connectivity index (χ2v) is 5.18. The number of aliphatic carboxylic acids is 1. The van der Waals surface area contributed by atoms with Crippen molar-refractivity contribution >= 4 is 17.7 Å². The van der Waals surface area contributed by atoms with Crippen LogP contribution in [0.3, 0.4) is 0 Å². The van der Waals surface area contributed by atoms with Gasteiger partial charge in [-0.15, -0.1) is 0 Å². The van der Waals surface area contributed by atoms with Gasteiger partial charge in [0.05, 0.1) is 11.0 Å². The van der Waals surface area contributed by atoms with Crippen molar-refractivity contribution in [3.8, 4) is 0 Å². The first-order valence-electron chi connectivity index (χ1n) is 4.64. The number of thioether (sulfide) groups is 1. The molecule has 0 radical (unpaired) electrons. The summed E-state index contributed by atoms with van der Waals surface area (Å²) < 4.78 is 0. The molecule has 0 spiro atoms. The van der Waals surface area contributed by atoms with Gasteiger partial charge < -0.3 is 10.2 Å². The van der Waals surface area contributed by atoms with Crippen LogP contribution < -0.4 is 0 Å². The van der Waals surface area contributed by atoms with E-state index < -0.39 is 17.0 Å². The van der Waals surface area contributed by atoms with Gasteiger partial charge in [0.15, 0.2) is 0 Å². The number of hydrogen-bond donors (Lipinski definition) is 2. The highest BCUT2D eigenvalue weighted by molar-refractivity contribution is 7.99. The molecule has 0 aromatic heterocycles. The molecule has 1 atom stereocenters. The average molecular weight is 202 g/mol. The van der Waals surface area contributed by atoms with Gasteiger partial charge >= 0.3 is 5.97 Å². The lowest BCUT2D eigenvalue weighted by Crippen LogP contribution is -2.57. The number of hydrogen-bond acceptors (Lipinski definition) is 3. The Balaban J connectivity index is 2.24. The third-order valence-electron chi connectivity index (χ3n) is 3.51. The molecule has 1 saturated heterocycles. The van der Waals surface area contributed by atoms with Gasteiger partial charge in [-0.1, -0.05) is 6.42 Å². The molecule has 2 rings (SSSR count). The summed E-state index contributed by atoms with van der Waals surface area (Å²) in [6, 6.07) is 0. The summed E-state index contributed by atoms with van der Waals surface area (Å²) in [5, 5.41) is 19.4. The van der Waals surface area contributed by atoms with E-state index in [2.05, 4.69) is 0 Å². The van der Waals surface area contributed by atoms with Crippen LogP contribution in [0, 0.1) is 5.41 Å². The first kappa shape index (κ1) is 9.34. The molecular weight excluding hydrogens is 188 g/mol. The van der Waals surface area contributed by atoms with Crippen LogP contribution in [0.4, 0.5) is 0 Å². The monoisotopic (exact) mass is 202 g/mol. The van der Waals surface area contributed by atoms with E-state index in [0.717, 1.165) is 12.2 Å². The van der Waals surface area contributed by atoms with Gasteiger partial charge in [-0.05, 0) is 25.0 Å². The topological polar surface area (TPSA) is 57.5 Å². The zero-order valence-electron chi connectivity index (χ0n) is 7.45. The lowest BCUT2D eigenvalue weighted by atomic mass is 9.58. The maximum absolute atomic E-state index is 11.1. The maximum Gasteiger partial charge on any atom is 0.312 e. The summed E-state index contributed by atoms with van der Waals surface area (Å²) >= 11 is 1.66. The summed E-state index contributed by atoms with van der Waals surface area (Å²) in [5.74, 6) is 0.689. The summed E-state index contributed by atoms with van der Waals surface area (Å²) in [6.07, 6.45) is 2.89. The smallest absolute Gasteiger partial charge is 0.312 e. The summed E-state index contributed by atoms with van der Waals surface area (Å²) in [6.45, 7) is 0. The largest absolute Gasteiger partial charge is 0.481 e. The minimum atomic E-state index is -0.929. The van der Waals surface area contributed by atoms with Crippen molar-refractivity contribution in [2.24, 2.45) is 5.41 Å². The Kier molecular flexibility index (Phi) is 2.07. The van der Waals surface area contributed by atoms with Crippen molar-refractivity contribution in [1.82, 2.24) is 0 Å². The Morgan fingerprint density at radius 1 is 1.31 bits per heavy atom. The highest BCUT2D eigenvalue weighted by atomic mass is 32.2. The van der Waals surface area contributed by atoms with Gasteiger partial charge in [-0.3, -0.25) is 4.79 Å². The average Bonchev–Trinajstić information content (AvgIpc) is 2.32. The normalized spacial score (nSPS) is 37.0. The molecule has 0 bridgehead atoms. The van der Waals surface area contributed by atoms with Crippen molar-refractivity contribution in [2.75, 3.05) is 11.5 Å². The molecular formula is C9H14O3S. The second-order valence-electron chi connectivity index (χ2n) is 4.07.